The molecule has 5 rings (SSSR count). The van der Waals surface area contributed by atoms with E-state index >= 15 is 0 Å². The number of benzene rings is 2. The van der Waals surface area contributed by atoms with Gasteiger partial charge in [-0.15, -0.1) is 11.3 Å². The third kappa shape index (κ3) is 5.87. The molecule has 190 valence electrons. The summed E-state index contributed by atoms with van der Waals surface area (Å²) in [6, 6.07) is 16.0. The van der Waals surface area contributed by atoms with Gasteiger partial charge in [-0.25, -0.2) is 4.98 Å². The average Bonchev–Trinajstić information content (AvgIpc) is 3.49. The highest BCUT2D eigenvalue weighted by Crippen LogP contribution is 2.26. The van der Waals surface area contributed by atoms with Crippen molar-refractivity contribution >= 4 is 21.6 Å². The van der Waals surface area contributed by atoms with Crippen molar-refractivity contribution in [3.8, 4) is 22.8 Å². The fourth-order valence-corrected chi connectivity index (χ4v) is 5.42. The number of thiazole rings is 1. The summed E-state index contributed by atoms with van der Waals surface area (Å²) in [7, 11) is 1.65. The van der Waals surface area contributed by atoms with E-state index in [9.17, 15) is 5.11 Å². The van der Waals surface area contributed by atoms with Crippen LogP contribution in [0.4, 0.5) is 0 Å². The van der Waals surface area contributed by atoms with Gasteiger partial charge in [-0.3, -0.25) is 9.80 Å². The third-order valence-corrected chi connectivity index (χ3v) is 7.48. The summed E-state index contributed by atoms with van der Waals surface area (Å²) in [4.78, 5) is 9.21. The Kier molecular flexibility index (Phi) is 7.52. The van der Waals surface area contributed by atoms with Crippen molar-refractivity contribution in [3.63, 3.8) is 0 Å². The summed E-state index contributed by atoms with van der Waals surface area (Å²) in [6.07, 6.45) is -0.556. The van der Waals surface area contributed by atoms with Crippen molar-refractivity contribution in [1.82, 2.24) is 19.9 Å². The lowest BCUT2D eigenvalue weighted by molar-refractivity contribution is 0.0250. The minimum Gasteiger partial charge on any atom is -0.497 e. The topological polar surface area (TPSA) is 84.1 Å². The van der Waals surface area contributed by atoms with Crippen LogP contribution in [0.1, 0.15) is 17.6 Å². The molecule has 0 amide bonds. The van der Waals surface area contributed by atoms with E-state index in [1.165, 1.54) is 0 Å². The largest absolute Gasteiger partial charge is 0.497 e. The lowest BCUT2D eigenvalue weighted by Gasteiger charge is -2.40. The molecule has 1 saturated heterocycles. The van der Waals surface area contributed by atoms with Crippen LogP contribution in [0.25, 0.3) is 21.5 Å². The monoisotopic (exact) mass is 508 g/mol. The Hall–Kier alpha value is -2.98. The highest BCUT2D eigenvalue weighted by atomic mass is 32.1. The van der Waals surface area contributed by atoms with E-state index in [4.69, 9.17) is 14.0 Å². The number of nitrogens with zero attached hydrogens (tertiary/aromatic N) is 4. The van der Waals surface area contributed by atoms with Gasteiger partial charge in [-0.1, -0.05) is 5.16 Å². The quantitative estimate of drug-likeness (QED) is 0.360. The number of methoxy groups -OCH3 is 1. The predicted octanol–water partition coefficient (Wildman–Crippen LogP) is 4.21. The Morgan fingerprint density at radius 2 is 1.94 bits per heavy atom. The zero-order valence-corrected chi connectivity index (χ0v) is 21.7. The summed E-state index contributed by atoms with van der Waals surface area (Å²) in [5, 5.41) is 15.9. The molecular weight excluding hydrogens is 476 g/mol. The maximum Gasteiger partial charge on any atom is 0.167 e. The van der Waals surface area contributed by atoms with E-state index in [2.05, 4.69) is 26.9 Å². The standard InChI is InChI=1S/C27H32N4O4S/c1-18-14-30(16-22(32)17-34-24-8-9-27-25(13-24)28-19(2)36-27)10-11-31(18)15-21-12-26(35-29-21)20-4-6-23(33-3)7-5-20/h4-9,12-13,18,22,32H,10-11,14-17H2,1-3H3/t18-,22-/m1/s1. The molecule has 2 atom stereocenters. The number of ether oxygens (including phenoxy) is 2. The summed E-state index contributed by atoms with van der Waals surface area (Å²) in [5.41, 5.74) is 2.84. The number of aliphatic hydroxyl groups excluding tert-OH is 1. The number of rotatable bonds is 9. The number of hydrogen-bond donors (Lipinski definition) is 1. The first-order chi connectivity index (χ1) is 17.5. The van der Waals surface area contributed by atoms with Gasteiger partial charge < -0.3 is 19.1 Å². The van der Waals surface area contributed by atoms with Gasteiger partial charge in [0.05, 0.1) is 28.0 Å². The van der Waals surface area contributed by atoms with Crippen LogP contribution >= 0.6 is 11.3 Å². The summed E-state index contributed by atoms with van der Waals surface area (Å²) in [5.74, 6) is 2.31. The number of aryl methyl sites for hydroxylation is 1. The molecule has 1 aliphatic heterocycles. The van der Waals surface area contributed by atoms with Gasteiger partial charge in [-0.2, -0.15) is 0 Å². The van der Waals surface area contributed by atoms with Crippen LogP contribution in [0.15, 0.2) is 53.1 Å². The zero-order chi connectivity index (χ0) is 25.1. The lowest BCUT2D eigenvalue weighted by atomic mass is 10.1. The third-order valence-electron chi connectivity index (χ3n) is 6.53. The lowest BCUT2D eigenvalue weighted by Crippen LogP contribution is -2.53. The number of piperazine rings is 1. The SMILES string of the molecule is COc1ccc(-c2cc(CN3CCN(C[C@@H](O)COc4ccc5sc(C)nc5c4)C[C@H]3C)no2)cc1. The molecule has 1 N–H and O–H groups in total. The minimum absolute atomic E-state index is 0.260. The molecular formula is C27H32N4O4S. The van der Waals surface area contributed by atoms with Crippen molar-refractivity contribution < 1.29 is 19.1 Å². The van der Waals surface area contributed by atoms with Crippen LogP contribution < -0.4 is 9.47 Å². The fourth-order valence-electron chi connectivity index (χ4n) is 4.61. The van der Waals surface area contributed by atoms with Crippen LogP contribution in [0.3, 0.4) is 0 Å². The van der Waals surface area contributed by atoms with Gasteiger partial charge in [0.1, 0.15) is 24.2 Å². The maximum absolute atomic E-state index is 10.6. The molecule has 4 aromatic rings. The van der Waals surface area contributed by atoms with Crippen LogP contribution in [0.2, 0.25) is 0 Å². The number of hydrogen-bond acceptors (Lipinski definition) is 9. The van der Waals surface area contributed by atoms with E-state index in [1.807, 2.05) is 55.5 Å². The first-order valence-corrected chi connectivity index (χ1v) is 13.0. The Bertz CT molecular complexity index is 1290. The highest BCUT2D eigenvalue weighted by molar-refractivity contribution is 7.18. The molecule has 36 heavy (non-hydrogen) atoms. The molecule has 0 spiro atoms. The molecule has 0 saturated carbocycles. The van der Waals surface area contributed by atoms with Crippen LogP contribution in [0.5, 0.6) is 11.5 Å². The van der Waals surface area contributed by atoms with Gasteiger partial charge in [0, 0.05) is 56.5 Å². The molecule has 3 heterocycles. The van der Waals surface area contributed by atoms with Gasteiger partial charge >= 0.3 is 0 Å². The second-order valence-electron chi connectivity index (χ2n) is 9.32. The van der Waals surface area contributed by atoms with E-state index in [0.717, 1.165) is 69.9 Å². The summed E-state index contributed by atoms with van der Waals surface area (Å²) >= 11 is 1.67. The predicted molar refractivity (Wildman–Crippen MR) is 141 cm³/mol. The molecule has 0 radical (unpaired) electrons. The molecule has 1 fully saturated rings. The van der Waals surface area contributed by atoms with Crippen LogP contribution in [-0.4, -0.2) is 77.1 Å². The smallest absolute Gasteiger partial charge is 0.167 e. The first-order valence-electron chi connectivity index (χ1n) is 12.2. The number of fused-ring (bicyclic) bond motifs is 1. The summed E-state index contributed by atoms with van der Waals surface area (Å²) < 4.78 is 17.8. The second-order valence-corrected chi connectivity index (χ2v) is 10.6. The molecule has 0 aliphatic carbocycles. The van der Waals surface area contributed by atoms with Crippen molar-refractivity contribution in [2.75, 3.05) is 39.9 Å². The van der Waals surface area contributed by atoms with E-state index in [0.29, 0.717) is 12.6 Å². The van der Waals surface area contributed by atoms with Crippen molar-refractivity contribution in [2.24, 2.45) is 0 Å². The van der Waals surface area contributed by atoms with Crippen molar-refractivity contribution in [1.29, 1.82) is 0 Å². The summed E-state index contributed by atoms with van der Waals surface area (Å²) in [6.45, 7) is 8.46. The Balaban J connectivity index is 1.08. The number of β-amino-alcohol motifs (C(OH)–C–C–N with tert-alkyl or cyclic N) is 1. The molecule has 9 heteroatoms. The van der Waals surface area contributed by atoms with Gasteiger partial charge in [0.25, 0.3) is 0 Å². The van der Waals surface area contributed by atoms with Gasteiger partial charge in [0.2, 0.25) is 0 Å². The van der Waals surface area contributed by atoms with Crippen molar-refractivity contribution in [3.05, 3.63) is 59.2 Å². The zero-order valence-electron chi connectivity index (χ0n) is 20.9. The number of aliphatic hydroxyl groups is 1. The first kappa shape index (κ1) is 24.7. The van der Waals surface area contributed by atoms with E-state index in [-0.39, 0.29) is 6.61 Å². The van der Waals surface area contributed by atoms with E-state index < -0.39 is 6.10 Å². The average molecular weight is 509 g/mol. The van der Waals surface area contributed by atoms with Crippen molar-refractivity contribution in [2.45, 2.75) is 32.5 Å². The molecule has 8 nitrogen and oxygen atoms in total. The van der Waals surface area contributed by atoms with E-state index in [1.54, 1.807) is 18.4 Å². The molecule has 2 aromatic carbocycles. The molecule has 0 unspecified atom stereocenters. The highest BCUT2D eigenvalue weighted by Gasteiger charge is 2.26. The van der Waals surface area contributed by atoms with Crippen LogP contribution in [0, 0.1) is 6.92 Å². The molecule has 2 aromatic heterocycles. The molecule has 0 bridgehead atoms. The normalized spacial score (nSPS) is 17.9. The van der Waals surface area contributed by atoms with Gasteiger partial charge in [-0.05, 0) is 50.2 Å². The van der Waals surface area contributed by atoms with Crippen LogP contribution in [-0.2, 0) is 6.54 Å². The number of aromatic nitrogens is 2. The Morgan fingerprint density at radius 1 is 1.14 bits per heavy atom. The maximum atomic E-state index is 10.6. The minimum atomic E-state index is -0.556. The Morgan fingerprint density at radius 3 is 2.72 bits per heavy atom. The Labute approximate surface area is 215 Å². The van der Waals surface area contributed by atoms with Gasteiger partial charge in [0.15, 0.2) is 5.76 Å². The fraction of sp³-hybridized carbons (Fsp3) is 0.407. The second kappa shape index (κ2) is 11.0. The molecule has 1 aliphatic rings.